The van der Waals surface area contributed by atoms with Crippen LogP contribution in [0.3, 0.4) is 0 Å². The highest BCUT2D eigenvalue weighted by Gasteiger charge is 2.10. The third-order valence-electron chi connectivity index (χ3n) is 9.03. The first kappa shape index (κ1) is 31.3. The molecule has 0 saturated carbocycles. The lowest BCUT2D eigenvalue weighted by atomic mass is 10.2. The molecule has 7 rings (SSSR count). The average molecular weight is 646 g/mol. The molecule has 6 bridgehead atoms. The van der Waals surface area contributed by atoms with Gasteiger partial charge in [-0.05, 0) is 109 Å². The van der Waals surface area contributed by atoms with Gasteiger partial charge in [0.2, 0.25) is 0 Å². The van der Waals surface area contributed by atoms with Gasteiger partial charge in [-0.15, -0.1) is 0 Å². The van der Waals surface area contributed by atoms with Crippen LogP contribution in [0.15, 0.2) is 105 Å². The van der Waals surface area contributed by atoms with Crippen molar-refractivity contribution < 1.29 is 14.2 Å². The highest BCUT2D eigenvalue weighted by atomic mass is 16.5. The Kier molecular flexibility index (Phi) is 9.27. The van der Waals surface area contributed by atoms with Crippen molar-refractivity contribution in [2.24, 2.45) is 0 Å². The van der Waals surface area contributed by atoms with Gasteiger partial charge in [0.05, 0.1) is 36.4 Å². The largest absolute Gasteiger partial charge is 0.494 e. The van der Waals surface area contributed by atoms with E-state index < -0.39 is 0 Å². The smallest absolute Gasteiger partial charge is 0.251 e. The van der Waals surface area contributed by atoms with Crippen LogP contribution in [0.5, 0.6) is 17.2 Å². The molecule has 1 aliphatic heterocycles. The van der Waals surface area contributed by atoms with Gasteiger partial charge in [-0.1, -0.05) is 0 Å². The van der Waals surface area contributed by atoms with E-state index in [-0.39, 0.29) is 16.7 Å². The zero-order valence-electron chi connectivity index (χ0n) is 26.9. The molecule has 0 N–H and O–H groups in total. The van der Waals surface area contributed by atoms with E-state index >= 15 is 0 Å². The predicted octanol–water partition coefficient (Wildman–Crippen LogP) is 6.52. The van der Waals surface area contributed by atoms with Crippen molar-refractivity contribution in [1.29, 1.82) is 0 Å². The van der Waals surface area contributed by atoms with Crippen molar-refractivity contribution in [2.45, 2.75) is 58.2 Å². The fraction of sp³-hybridized carbons (Fsp3) is 0.308. The number of nitrogens with zero attached hydrogens (tertiary/aromatic N) is 3. The SMILES string of the molecule is O=c1ccc2ccc3cc2n1CCCCOc1ccc2ccc(=O)n(c2c1)CCCCOc1ccc2ccc(=O)n(c2c1)CCCCO3. The molecule has 3 aromatic heterocycles. The van der Waals surface area contributed by atoms with E-state index in [9.17, 15) is 14.4 Å². The number of pyridine rings is 3. The Morgan fingerprint density at radius 2 is 0.667 bits per heavy atom. The Morgan fingerprint density at radius 3 is 0.979 bits per heavy atom. The number of hydrogen-bond acceptors (Lipinski definition) is 6. The second kappa shape index (κ2) is 14.2. The second-order valence-corrected chi connectivity index (χ2v) is 12.3. The molecule has 6 aromatic rings. The maximum Gasteiger partial charge on any atom is 0.251 e. The van der Waals surface area contributed by atoms with Crippen molar-refractivity contribution >= 4 is 32.7 Å². The number of aryl methyl sites for hydroxylation is 3. The second-order valence-electron chi connectivity index (χ2n) is 12.3. The molecule has 1 aliphatic rings. The molecule has 0 aliphatic carbocycles. The first-order valence-electron chi connectivity index (χ1n) is 16.8. The summed E-state index contributed by atoms with van der Waals surface area (Å²) in [5.74, 6) is 2.13. The van der Waals surface area contributed by atoms with Crippen LogP contribution >= 0.6 is 0 Å². The van der Waals surface area contributed by atoms with Crippen LogP contribution < -0.4 is 30.9 Å². The normalized spacial score (nSPS) is 15.2. The minimum Gasteiger partial charge on any atom is -0.494 e. The summed E-state index contributed by atoms with van der Waals surface area (Å²) in [7, 11) is 0. The van der Waals surface area contributed by atoms with Gasteiger partial charge in [0.1, 0.15) is 17.2 Å². The van der Waals surface area contributed by atoms with Crippen LogP contribution in [0.25, 0.3) is 32.7 Å². The molecule has 0 amide bonds. The fourth-order valence-corrected chi connectivity index (χ4v) is 6.45. The van der Waals surface area contributed by atoms with Crippen molar-refractivity contribution in [3.8, 4) is 17.2 Å². The summed E-state index contributed by atoms with van der Waals surface area (Å²) >= 11 is 0. The molecule has 3 aromatic carbocycles. The van der Waals surface area contributed by atoms with E-state index in [1.807, 2.05) is 72.8 Å². The number of rotatable bonds is 0. The van der Waals surface area contributed by atoms with E-state index in [4.69, 9.17) is 14.2 Å². The van der Waals surface area contributed by atoms with E-state index in [0.29, 0.717) is 56.7 Å². The number of fused-ring (bicyclic) bond motifs is 3. The molecular weight excluding hydrogens is 606 g/mol. The summed E-state index contributed by atoms with van der Waals surface area (Å²) in [5, 5.41) is 2.93. The van der Waals surface area contributed by atoms with Crippen LogP contribution in [-0.4, -0.2) is 33.5 Å². The standard InChI is InChI=1S/C39H39N3O6/c43-37-16-10-28-7-14-32-25-34(28)40(37)19-1-4-22-46-31-13-8-29-11-17-38(44)41(35(29)26-31)20-3-6-24-48-33-15-9-30-12-18-39(45)42(36(30)27-33)21-2-5-23-47-32/h7-18,25-27H,1-6,19-24H2. The van der Waals surface area contributed by atoms with Crippen LogP contribution in [0.4, 0.5) is 0 Å². The number of benzene rings is 3. The molecule has 48 heavy (non-hydrogen) atoms. The minimum absolute atomic E-state index is 0.0499. The van der Waals surface area contributed by atoms with Gasteiger partial charge in [0.15, 0.2) is 0 Å². The lowest BCUT2D eigenvalue weighted by Crippen LogP contribution is -2.20. The molecule has 0 spiro atoms. The fourth-order valence-electron chi connectivity index (χ4n) is 6.45. The molecule has 9 nitrogen and oxygen atoms in total. The lowest BCUT2D eigenvalue weighted by molar-refractivity contribution is 0.302. The summed E-state index contributed by atoms with van der Waals surface area (Å²) in [6.45, 7) is 3.17. The summed E-state index contributed by atoms with van der Waals surface area (Å²) in [6, 6.07) is 27.9. The van der Waals surface area contributed by atoms with Gasteiger partial charge in [-0.25, -0.2) is 0 Å². The highest BCUT2D eigenvalue weighted by molar-refractivity contribution is 5.82. The van der Waals surface area contributed by atoms with Gasteiger partial charge in [-0.2, -0.15) is 0 Å². The molecule has 4 heterocycles. The van der Waals surface area contributed by atoms with E-state index in [0.717, 1.165) is 71.2 Å². The molecule has 246 valence electrons. The Hall–Kier alpha value is -5.31. The lowest BCUT2D eigenvalue weighted by Gasteiger charge is -2.14. The molecule has 0 radical (unpaired) electrons. The molecule has 0 unspecified atom stereocenters. The molecule has 0 atom stereocenters. The first-order valence-corrected chi connectivity index (χ1v) is 16.8. The first-order chi connectivity index (χ1) is 23.5. The zero-order valence-corrected chi connectivity index (χ0v) is 26.9. The van der Waals surface area contributed by atoms with Crippen molar-refractivity contribution in [3.63, 3.8) is 0 Å². The summed E-state index contributed by atoms with van der Waals surface area (Å²) < 4.78 is 23.7. The Labute approximate surface area is 277 Å². The monoisotopic (exact) mass is 645 g/mol. The molecule has 0 saturated heterocycles. The Balaban J connectivity index is 1.15. The van der Waals surface area contributed by atoms with E-state index in [1.54, 1.807) is 31.9 Å². The van der Waals surface area contributed by atoms with Gasteiger partial charge < -0.3 is 27.9 Å². The van der Waals surface area contributed by atoms with Gasteiger partial charge >= 0.3 is 0 Å². The van der Waals surface area contributed by atoms with Crippen molar-refractivity contribution in [2.75, 3.05) is 19.8 Å². The third kappa shape index (κ3) is 6.86. The van der Waals surface area contributed by atoms with Crippen molar-refractivity contribution in [3.05, 3.63) is 122 Å². The van der Waals surface area contributed by atoms with Crippen LogP contribution in [0, 0.1) is 0 Å². The average Bonchev–Trinajstić information content (AvgIpc) is 3.10. The number of ether oxygens (including phenoxy) is 3. The molecule has 0 fully saturated rings. The van der Waals surface area contributed by atoms with E-state index in [1.165, 1.54) is 0 Å². The molecule has 9 heteroatoms. The summed E-state index contributed by atoms with van der Waals surface area (Å²) in [4.78, 5) is 38.7. The Bertz CT molecular complexity index is 2010. The maximum absolute atomic E-state index is 12.9. The molecular formula is C39H39N3O6. The quantitative estimate of drug-likeness (QED) is 0.187. The Morgan fingerprint density at radius 1 is 0.375 bits per heavy atom. The van der Waals surface area contributed by atoms with Gasteiger partial charge in [0.25, 0.3) is 16.7 Å². The zero-order chi connectivity index (χ0) is 32.9. The van der Waals surface area contributed by atoms with Crippen LogP contribution in [0.1, 0.15) is 38.5 Å². The van der Waals surface area contributed by atoms with Crippen LogP contribution in [-0.2, 0) is 19.6 Å². The topological polar surface area (TPSA) is 93.7 Å². The third-order valence-corrected chi connectivity index (χ3v) is 9.03. The summed E-state index contributed by atoms with van der Waals surface area (Å²) in [5.41, 5.74) is 2.37. The maximum atomic E-state index is 12.9. The number of aromatic nitrogens is 3. The number of hydrogen-bond donors (Lipinski definition) is 0. The summed E-state index contributed by atoms with van der Waals surface area (Å²) in [6.07, 6.45) is 4.57. The predicted molar refractivity (Wildman–Crippen MR) is 189 cm³/mol. The van der Waals surface area contributed by atoms with Gasteiger partial charge in [-0.3, -0.25) is 14.4 Å². The van der Waals surface area contributed by atoms with E-state index in [2.05, 4.69) is 0 Å². The van der Waals surface area contributed by atoms with Gasteiger partial charge in [0, 0.05) is 56.0 Å². The minimum atomic E-state index is -0.0499. The van der Waals surface area contributed by atoms with Crippen LogP contribution in [0.2, 0.25) is 0 Å². The highest BCUT2D eigenvalue weighted by Crippen LogP contribution is 2.24. The van der Waals surface area contributed by atoms with Crippen molar-refractivity contribution in [1.82, 2.24) is 13.7 Å².